The van der Waals surface area contributed by atoms with Crippen LogP contribution in [0.2, 0.25) is 0 Å². The van der Waals surface area contributed by atoms with Crippen LogP contribution in [0.3, 0.4) is 0 Å². The molecule has 1 aromatic heterocycles. The second-order valence-electron chi connectivity index (χ2n) is 4.86. The molecule has 3 nitrogen and oxygen atoms in total. The summed E-state index contributed by atoms with van der Waals surface area (Å²) in [5.74, 6) is 0. The van der Waals surface area contributed by atoms with Gasteiger partial charge in [0.1, 0.15) is 0 Å². The van der Waals surface area contributed by atoms with E-state index < -0.39 is 0 Å². The number of rotatable bonds is 10. The van der Waals surface area contributed by atoms with Crippen LogP contribution in [0.4, 0.5) is 0 Å². The summed E-state index contributed by atoms with van der Waals surface area (Å²) < 4.78 is 2.11. The molecule has 0 aliphatic heterocycles. The zero-order valence-electron chi connectivity index (χ0n) is 11.4. The van der Waals surface area contributed by atoms with Crippen LogP contribution in [-0.4, -0.2) is 22.1 Å². The predicted octanol–water partition coefficient (Wildman–Crippen LogP) is 3.22. The molecule has 0 aliphatic carbocycles. The minimum atomic E-state index is 0.639. The fourth-order valence-corrected chi connectivity index (χ4v) is 2.02. The van der Waals surface area contributed by atoms with Crippen molar-refractivity contribution in [3.05, 3.63) is 18.7 Å². The van der Waals surface area contributed by atoms with Crippen molar-refractivity contribution in [2.75, 3.05) is 6.54 Å². The molecule has 0 radical (unpaired) electrons. The minimum Gasteiger partial charge on any atom is -0.336 e. The van der Waals surface area contributed by atoms with Gasteiger partial charge in [-0.3, -0.25) is 0 Å². The quantitative estimate of drug-likeness (QED) is 0.633. The highest BCUT2D eigenvalue weighted by molar-refractivity contribution is 4.74. The summed E-state index contributed by atoms with van der Waals surface area (Å²) >= 11 is 0. The van der Waals surface area contributed by atoms with Gasteiger partial charge >= 0.3 is 0 Å². The molecule has 98 valence electrons. The van der Waals surface area contributed by atoms with Crippen LogP contribution < -0.4 is 5.32 Å². The van der Waals surface area contributed by atoms with E-state index in [1.807, 2.05) is 18.7 Å². The molecule has 1 atom stereocenters. The number of hydrogen-bond donors (Lipinski definition) is 1. The van der Waals surface area contributed by atoms with Crippen LogP contribution in [0, 0.1) is 0 Å². The Bertz CT molecular complexity index is 256. The standard InChI is InChI=1S/C14H27N3/c1-3-4-5-6-7-8-14(2)16-10-12-17-11-9-15-13-17/h9,11,13-14,16H,3-8,10,12H2,1-2H3. The molecule has 0 spiro atoms. The maximum Gasteiger partial charge on any atom is 0.0946 e. The summed E-state index contributed by atoms with van der Waals surface area (Å²) in [4.78, 5) is 4.03. The monoisotopic (exact) mass is 237 g/mol. The van der Waals surface area contributed by atoms with Gasteiger partial charge in [0.2, 0.25) is 0 Å². The third kappa shape index (κ3) is 7.16. The zero-order chi connectivity index (χ0) is 12.3. The maximum absolute atomic E-state index is 4.03. The van der Waals surface area contributed by atoms with E-state index >= 15 is 0 Å². The lowest BCUT2D eigenvalue weighted by Crippen LogP contribution is -2.29. The van der Waals surface area contributed by atoms with Crippen molar-refractivity contribution in [1.29, 1.82) is 0 Å². The minimum absolute atomic E-state index is 0.639. The molecule has 0 fully saturated rings. The molecule has 0 aliphatic rings. The number of nitrogens with one attached hydrogen (secondary N) is 1. The lowest BCUT2D eigenvalue weighted by Gasteiger charge is -2.13. The Labute approximate surface area is 106 Å². The van der Waals surface area contributed by atoms with Crippen LogP contribution in [0.15, 0.2) is 18.7 Å². The van der Waals surface area contributed by atoms with Crippen LogP contribution in [0.5, 0.6) is 0 Å². The summed E-state index contributed by atoms with van der Waals surface area (Å²) in [5, 5.41) is 3.56. The van der Waals surface area contributed by atoms with Gasteiger partial charge in [-0.05, 0) is 13.3 Å². The number of imidazole rings is 1. The molecule has 1 unspecified atom stereocenters. The molecular weight excluding hydrogens is 210 g/mol. The van der Waals surface area contributed by atoms with Crippen LogP contribution >= 0.6 is 0 Å². The van der Waals surface area contributed by atoms with Gasteiger partial charge in [-0.15, -0.1) is 0 Å². The first-order valence-corrected chi connectivity index (χ1v) is 7.02. The number of aromatic nitrogens is 2. The first kappa shape index (κ1) is 14.2. The summed E-state index contributed by atoms with van der Waals surface area (Å²) in [6.45, 7) is 6.60. The van der Waals surface area contributed by atoms with E-state index in [2.05, 4.69) is 28.7 Å². The van der Waals surface area contributed by atoms with Crippen LogP contribution in [-0.2, 0) is 6.54 Å². The number of nitrogens with zero attached hydrogens (tertiary/aromatic N) is 2. The topological polar surface area (TPSA) is 29.9 Å². The fourth-order valence-electron chi connectivity index (χ4n) is 2.02. The van der Waals surface area contributed by atoms with Gasteiger partial charge in [0.15, 0.2) is 0 Å². The molecular formula is C14H27N3. The lowest BCUT2D eigenvalue weighted by atomic mass is 10.1. The van der Waals surface area contributed by atoms with E-state index in [0.29, 0.717) is 6.04 Å². The largest absolute Gasteiger partial charge is 0.336 e. The summed E-state index contributed by atoms with van der Waals surface area (Å²) in [6.07, 6.45) is 13.9. The average Bonchev–Trinajstić information content (AvgIpc) is 2.82. The van der Waals surface area contributed by atoms with Crippen molar-refractivity contribution in [2.24, 2.45) is 0 Å². The number of hydrogen-bond acceptors (Lipinski definition) is 2. The van der Waals surface area contributed by atoms with Gasteiger partial charge in [-0.1, -0.05) is 39.0 Å². The first-order chi connectivity index (χ1) is 8.33. The van der Waals surface area contributed by atoms with Crippen LogP contribution in [0.1, 0.15) is 52.4 Å². The lowest BCUT2D eigenvalue weighted by molar-refractivity contribution is 0.465. The molecule has 1 rings (SSSR count). The van der Waals surface area contributed by atoms with Gasteiger partial charge in [-0.2, -0.15) is 0 Å². The van der Waals surface area contributed by atoms with Gasteiger partial charge in [-0.25, -0.2) is 4.98 Å². The maximum atomic E-state index is 4.03. The highest BCUT2D eigenvalue weighted by Gasteiger charge is 2.00. The highest BCUT2D eigenvalue weighted by Crippen LogP contribution is 2.06. The Morgan fingerprint density at radius 3 is 2.76 bits per heavy atom. The normalized spacial score (nSPS) is 12.8. The molecule has 1 N–H and O–H groups in total. The molecule has 0 bridgehead atoms. The Morgan fingerprint density at radius 2 is 2.06 bits per heavy atom. The first-order valence-electron chi connectivity index (χ1n) is 7.02. The van der Waals surface area contributed by atoms with Crippen LogP contribution in [0.25, 0.3) is 0 Å². The zero-order valence-corrected chi connectivity index (χ0v) is 11.4. The van der Waals surface area contributed by atoms with Gasteiger partial charge in [0.25, 0.3) is 0 Å². The Morgan fingerprint density at radius 1 is 1.24 bits per heavy atom. The van der Waals surface area contributed by atoms with Crippen molar-refractivity contribution in [2.45, 2.75) is 65.0 Å². The molecule has 0 aromatic carbocycles. The summed E-state index contributed by atoms with van der Waals surface area (Å²) in [5.41, 5.74) is 0. The molecule has 0 amide bonds. The number of unbranched alkanes of at least 4 members (excludes halogenated alkanes) is 4. The SMILES string of the molecule is CCCCCCCC(C)NCCn1ccnc1. The van der Waals surface area contributed by atoms with Crippen molar-refractivity contribution < 1.29 is 0 Å². The Hall–Kier alpha value is -0.830. The summed E-state index contributed by atoms with van der Waals surface area (Å²) in [7, 11) is 0. The van der Waals surface area contributed by atoms with Crippen molar-refractivity contribution >= 4 is 0 Å². The molecule has 0 saturated heterocycles. The fraction of sp³-hybridized carbons (Fsp3) is 0.786. The second-order valence-corrected chi connectivity index (χ2v) is 4.86. The molecule has 0 saturated carbocycles. The Kier molecular flexibility index (Phi) is 7.72. The average molecular weight is 237 g/mol. The van der Waals surface area contributed by atoms with E-state index in [1.165, 1.54) is 38.5 Å². The van der Waals surface area contributed by atoms with Crippen molar-refractivity contribution in [1.82, 2.24) is 14.9 Å². The van der Waals surface area contributed by atoms with Gasteiger partial charge < -0.3 is 9.88 Å². The van der Waals surface area contributed by atoms with Crippen molar-refractivity contribution in [3.63, 3.8) is 0 Å². The summed E-state index contributed by atoms with van der Waals surface area (Å²) in [6, 6.07) is 0.639. The highest BCUT2D eigenvalue weighted by atomic mass is 15.0. The van der Waals surface area contributed by atoms with Gasteiger partial charge in [0.05, 0.1) is 6.33 Å². The van der Waals surface area contributed by atoms with E-state index in [-0.39, 0.29) is 0 Å². The smallest absolute Gasteiger partial charge is 0.0946 e. The van der Waals surface area contributed by atoms with E-state index in [9.17, 15) is 0 Å². The third-order valence-corrected chi connectivity index (χ3v) is 3.16. The molecule has 1 heterocycles. The van der Waals surface area contributed by atoms with E-state index in [0.717, 1.165) is 13.1 Å². The van der Waals surface area contributed by atoms with E-state index in [1.54, 1.807) is 0 Å². The third-order valence-electron chi connectivity index (χ3n) is 3.16. The molecule has 1 aromatic rings. The van der Waals surface area contributed by atoms with Gasteiger partial charge in [0, 0.05) is 31.5 Å². The molecule has 3 heteroatoms. The van der Waals surface area contributed by atoms with Crippen molar-refractivity contribution in [3.8, 4) is 0 Å². The predicted molar refractivity (Wildman–Crippen MR) is 73.1 cm³/mol. The molecule has 17 heavy (non-hydrogen) atoms. The second kappa shape index (κ2) is 9.23. The Balaban J connectivity index is 1.92. The van der Waals surface area contributed by atoms with E-state index in [4.69, 9.17) is 0 Å².